The molecule has 1 aromatic heterocycles. The van der Waals surface area contributed by atoms with Gasteiger partial charge < -0.3 is 14.8 Å². The van der Waals surface area contributed by atoms with Crippen LogP contribution in [0.15, 0.2) is 83.2 Å². The van der Waals surface area contributed by atoms with Gasteiger partial charge >= 0.3 is 0 Å². The number of ether oxygens (including phenoxy) is 2. The van der Waals surface area contributed by atoms with Crippen LogP contribution in [-0.2, 0) is 17.2 Å². The van der Waals surface area contributed by atoms with Gasteiger partial charge in [0.15, 0.2) is 17.3 Å². The highest BCUT2D eigenvalue weighted by atomic mass is 35.5. The summed E-state index contributed by atoms with van der Waals surface area (Å²) in [5.74, 6) is 2.60. The number of methoxy groups -OCH3 is 1. The van der Waals surface area contributed by atoms with Crippen LogP contribution in [0.3, 0.4) is 0 Å². The van der Waals surface area contributed by atoms with E-state index in [1.807, 2.05) is 59.3 Å². The fourth-order valence-electron chi connectivity index (χ4n) is 5.62. The maximum absolute atomic E-state index is 13.7. The van der Waals surface area contributed by atoms with Crippen molar-refractivity contribution in [1.82, 2.24) is 14.8 Å². The third-order valence-corrected chi connectivity index (χ3v) is 9.03. The highest BCUT2D eigenvalue weighted by molar-refractivity contribution is 7.98. The fraction of sp³-hybridized carbons (Fsp3) is 0.303. The molecule has 42 heavy (non-hydrogen) atoms. The number of ketones is 1. The third kappa shape index (κ3) is 5.65. The molecule has 3 aromatic carbocycles. The number of hydrogen-bond donors (Lipinski definition) is 1. The van der Waals surface area contributed by atoms with Gasteiger partial charge in [-0.3, -0.25) is 4.79 Å². The number of rotatable bonds is 8. The minimum atomic E-state index is -0.443. The number of nitrogens with one attached hydrogen (secondary N) is 1. The Morgan fingerprint density at radius 2 is 1.81 bits per heavy atom. The van der Waals surface area contributed by atoms with Crippen LogP contribution >= 0.6 is 23.4 Å². The quantitative estimate of drug-likeness (QED) is 0.207. The molecule has 7 nitrogen and oxygen atoms in total. The van der Waals surface area contributed by atoms with Gasteiger partial charge in [-0.15, -0.1) is 5.10 Å². The molecule has 1 N–H and O–H groups in total. The molecular weight excluding hydrogens is 568 g/mol. The van der Waals surface area contributed by atoms with Crippen LogP contribution in [0.4, 0.5) is 5.95 Å². The lowest BCUT2D eigenvalue weighted by atomic mass is 9.73. The van der Waals surface area contributed by atoms with E-state index in [0.29, 0.717) is 46.4 Å². The number of aryl methyl sites for hydroxylation is 1. The van der Waals surface area contributed by atoms with E-state index in [1.54, 1.807) is 7.11 Å². The third-order valence-electron chi connectivity index (χ3n) is 7.77. The van der Waals surface area contributed by atoms with Crippen LogP contribution < -0.4 is 14.8 Å². The first-order valence-corrected chi connectivity index (χ1v) is 15.3. The lowest BCUT2D eigenvalue weighted by Gasteiger charge is -2.38. The van der Waals surface area contributed by atoms with Crippen LogP contribution in [0.25, 0.3) is 0 Å². The van der Waals surface area contributed by atoms with Gasteiger partial charge in [0, 0.05) is 28.5 Å². The Hall–Kier alpha value is -3.75. The van der Waals surface area contributed by atoms with Crippen molar-refractivity contribution >= 4 is 35.1 Å². The average molecular weight is 601 g/mol. The first-order valence-electron chi connectivity index (χ1n) is 13.9. The highest BCUT2D eigenvalue weighted by Crippen LogP contribution is 2.47. The van der Waals surface area contributed by atoms with Crippen molar-refractivity contribution in [2.75, 3.05) is 12.4 Å². The van der Waals surface area contributed by atoms with Gasteiger partial charge in [-0.05, 0) is 59.2 Å². The molecule has 6 rings (SSSR count). The lowest BCUT2D eigenvalue weighted by molar-refractivity contribution is -0.118. The lowest BCUT2D eigenvalue weighted by Crippen LogP contribution is -2.36. The van der Waals surface area contributed by atoms with Crippen molar-refractivity contribution < 1.29 is 14.3 Å². The normalized spacial score (nSPS) is 17.4. The summed E-state index contributed by atoms with van der Waals surface area (Å²) >= 11 is 7.90. The predicted molar refractivity (Wildman–Crippen MR) is 166 cm³/mol. The van der Waals surface area contributed by atoms with Gasteiger partial charge in [0.1, 0.15) is 12.6 Å². The minimum absolute atomic E-state index is 0.115. The van der Waals surface area contributed by atoms with Gasteiger partial charge in [-0.2, -0.15) is 4.98 Å². The first kappa shape index (κ1) is 28.4. The minimum Gasteiger partial charge on any atom is -0.493 e. The van der Waals surface area contributed by atoms with Gasteiger partial charge in [0.05, 0.1) is 7.11 Å². The molecule has 2 heterocycles. The molecule has 1 unspecified atom stereocenters. The number of carbonyl (C=O) groups is 1. The number of Topliss-reactive ketones (excluding diaryl/α,β-unsaturated/α-hetero) is 1. The number of benzene rings is 3. The maximum atomic E-state index is 13.7. The molecule has 0 amide bonds. The van der Waals surface area contributed by atoms with E-state index >= 15 is 0 Å². The highest BCUT2D eigenvalue weighted by Gasteiger charge is 2.42. The van der Waals surface area contributed by atoms with E-state index < -0.39 is 6.04 Å². The second kappa shape index (κ2) is 11.5. The molecule has 9 heteroatoms. The monoisotopic (exact) mass is 600 g/mol. The van der Waals surface area contributed by atoms with Crippen LogP contribution in [0.2, 0.25) is 5.02 Å². The number of anilines is 1. The molecule has 0 saturated carbocycles. The SMILES string of the molecule is COc1cc(C2C3=C(CC(C)(C)CC3=O)Nc3nc(SCc4ccccc4Cl)nn32)ccc1OCc1ccccc1C. The summed E-state index contributed by atoms with van der Waals surface area (Å²) in [6.07, 6.45) is 1.21. The smallest absolute Gasteiger partial charge is 0.227 e. The second-order valence-corrected chi connectivity index (χ2v) is 12.9. The van der Waals surface area contributed by atoms with Gasteiger partial charge in [0.2, 0.25) is 11.1 Å². The van der Waals surface area contributed by atoms with Gasteiger partial charge in [0.25, 0.3) is 0 Å². The number of halogens is 1. The summed E-state index contributed by atoms with van der Waals surface area (Å²) in [6.45, 7) is 6.75. The number of nitrogens with zero attached hydrogens (tertiary/aromatic N) is 3. The van der Waals surface area contributed by atoms with Crippen molar-refractivity contribution in [2.45, 2.75) is 57.2 Å². The fourth-order valence-corrected chi connectivity index (χ4v) is 6.73. The number of thioether (sulfide) groups is 1. The van der Waals surface area contributed by atoms with E-state index in [-0.39, 0.29) is 11.2 Å². The van der Waals surface area contributed by atoms with Crippen LogP contribution in [-0.4, -0.2) is 27.7 Å². The number of fused-ring (bicyclic) bond motifs is 1. The molecule has 0 bridgehead atoms. The zero-order chi connectivity index (χ0) is 29.4. The van der Waals surface area contributed by atoms with Crippen molar-refractivity contribution in [3.63, 3.8) is 0 Å². The maximum Gasteiger partial charge on any atom is 0.227 e. The standard InChI is InChI=1S/C33H33ClN4O3S/c1-20-9-5-6-10-22(20)18-41-27-14-13-21(15-28(27)40-4)30-29-25(16-33(2,3)17-26(29)39)35-31-36-32(37-38(30)31)42-19-23-11-7-8-12-24(23)34/h5-15,30H,16-19H2,1-4H3,(H,35,36,37). The molecule has 1 aliphatic heterocycles. The summed E-state index contributed by atoms with van der Waals surface area (Å²) in [6, 6.07) is 21.3. The predicted octanol–water partition coefficient (Wildman–Crippen LogP) is 7.78. The Morgan fingerprint density at radius 3 is 2.57 bits per heavy atom. The Balaban J connectivity index is 1.35. The average Bonchev–Trinajstić information content (AvgIpc) is 3.37. The Labute approximate surface area is 255 Å². The van der Waals surface area contributed by atoms with Crippen LogP contribution in [0.1, 0.15) is 55.0 Å². The molecule has 4 aromatic rings. The van der Waals surface area contributed by atoms with E-state index in [0.717, 1.165) is 34.4 Å². The van der Waals surface area contributed by atoms with Crippen LogP contribution in [0, 0.1) is 12.3 Å². The largest absolute Gasteiger partial charge is 0.493 e. The number of hydrogen-bond acceptors (Lipinski definition) is 7. The number of carbonyl (C=O) groups excluding carboxylic acids is 1. The van der Waals surface area contributed by atoms with Gasteiger partial charge in [-0.1, -0.05) is 85.7 Å². The van der Waals surface area contributed by atoms with E-state index in [4.69, 9.17) is 31.2 Å². The summed E-state index contributed by atoms with van der Waals surface area (Å²) in [5, 5.41) is 9.66. The molecule has 2 aliphatic rings. The summed E-state index contributed by atoms with van der Waals surface area (Å²) < 4.78 is 13.8. The van der Waals surface area contributed by atoms with Gasteiger partial charge in [-0.25, -0.2) is 4.68 Å². The van der Waals surface area contributed by atoms with Crippen molar-refractivity contribution in [1.29, 1.82) is 0 Å². The summed E-state index contributed by atoms with van der Waals surface area (Å²) in [4.78, 5) is 18.5. The van der Waals surface area contributed by atoms with E-state index in [1.165, 1.54) is 17.3 Å². The van der Waals surface area contributed by atoms with Crippen LogP contribution in [0.5, 0.6) is 11.5 Å². The number of aromatic nitrogens is 3. The molecule has 1 aliphatic carbocycles. The Morgan fingerprint density at radius 1 is 1.05 bits per heavy atom. The summed E-state index contributed by atoms with van der Waals surface area (Å²) in [7, 11) is 1.63. The topological polar surface area (TPSA) is 78.3 Å². The molecule has 216 valence electrons. The zero-order valence-corrected chi connectivity index (χ0v) is 25.7. The van der Waals surface area contributed by atoms with Crippen molar-refractivity contribution in [3.8, 4) is 11.5 Å². The molecule has 0 fully saturated rings. The molecule has 0 spiro atoms. The molecular formula is C33H33ClN4O3S. The first-order chi connectivity index (χ1) is 20.2. The second-order valence-electron chi connectivity index (χ2n) is 11.5. The zero-order valence-electron chi connectivity index (χ0n) is 24.1. The Bertz CT molecular complexity index is 1700. The van der Waals surface area contributed by atoms with E-state index in [2.05, 4.69) is 38.2 Å². The van der Waals surface area contributed by atoms with Crippen molar-refractivity contribution in [3.05, 3.63) is 105 Å². The number of allylic oxidation sites excluding steroid dienone is 2. The van der Waals surface area contributed by atoms with E-state index in [9.17, 15) is 4.79 Å². The Kier molecular flexibility index (Phi) is 7.77. The van der Waals surface area contributed by atoms with Crippen molar-refractivity contribution in [2.24, 2.45) is 5.41 Å². The molecule has 1 atom stereocenters. The molecule has 0 radical (unpaired) electrons. The summed E-state index contributed by atoms with van der Waals surface area (Å²) in [5.41, 5.74) is 5.66. The molecule has 0 saturated heterocycles.